The third-order valence-electron chi connectivity index (χ3n) is 3.08. The predicted molar refractivity (Wildman–Crippen MR) is 73.4 cm³/mol. The predicted octanol–water partition coefficient (Wildman–Crippen LogP) is 1.36. The standard InChI is InChI=1S/C13H22N6/c1-5-6-19-11(2)15-16-13(19)10-17(3)8-12-7-14-18(4)9-12/h7,9H,5-6,8,10H2,1-4H3. The Hall–Kier alpha value is -1.69. The fourth-order valence-electron chi connectivity index (χ4n) is 2.22. The van der Waals surface area contributed by atoms with Crippen LogP contribution >= 0.6 is 0 Å². The van der Waals surface area contributed by atoms with Gasteiger partial charge in [-0.05, 0) is 20.4 Å². The number of aromatic nitrogens is 5. The maximum Gasteiger partial charge on any atom is 0.147 e. The molecule has 19 heavy (non-hydrogen) atoms. The Morgan fingerprint density at radius 3 is 2.68 bits per heavy atom. The summed E-state index contributed by atoms with van der Waals surface area (Å²) >= 11 is 0. The van der Waals surface area contributed by atoms with Gasteiger partial charge in [-0.15, -0.1) is 10.2 Å². The van der Waals surface area contributed by atoms with Gasteiger partial charge in [-0.3, -0.25) is 9.58 Å². The molecule has 0 fully saturated rings. The molecule has 0 N–H and O–H groups in total. The van der Waals surface area contributed by atoms with Gasteiger partial charge in [0.25, 0.3) is 0 Å². The number of hydrogen-bond acceptors (Lipinski definition) is 4. The van der Waals surface area contributed by atoms with Crippen LogP contribution in [0.3, 0.4) is 0 Å². The van der Waals surface area contributed by atoms with E-state index in [1.165, 1.54) is 5.56 Å². The van der Waals surface area contributed by atoms with Crippen molar-refractivity contribution in [3.8, 4) is 0 Å². The van der Waals surface area contributed by atoms with Gasteiger partial charge in [-0.1, -0.05) is 6.92 Å². The molecule has 6 heteroatoms. The van der Waals surface area contributed by atoms with Crippen LogP contribution in [-0.2, 0) is 26.7 Å². The van der Waals surface area contributed by atoms with E-state index in [9.17, 15) is 0 Å². The molecule has 0 aliphatic rings. The normalized spacial score (nSPS) is 11.4. The Balaban J connectivity index is 2.00. The van der Waals surface area contributed by atoms with Gasteiger partial charge >= 0.3 is 0 Å². The summed E-state index contributed by atoms with van der Waals surface area (Å²) in [4.78, 5) is 2.23. The van der Waals surface area contributed by atoms with Crippen molar-refractivity contribution >= 4 is 0 Å². The summed E-state index contributed by atoms with van der Waals surface area (Å²) in [7, 11) is 4.03. The highest BCUT2D eigenvalue weighted by Crippen LogP contribution is 2.08. The zero-order valence-corrected chi connectivity index (χ0v) is 12.2. The van der Waals surface area contributed by atoms with E-state index in [0.717, 1.165) is 37.7 Å². The maximum atomic E-state index is 4.27. The fraction of sp³-hybridized carbons (Fsp3) is 0.615. The first-order chi connectivity index (χ1) is 9.10. The quantitative estimate of drug-likeness (QED) is 0.789. The molecule has 6 nitrogen and oxygen atoms in total. The summed E-state index contributed by atoms with van der Waals surface area (Å²) in [6.07, 6.45) is 5.04. The van der Waals surface area contributed by atoms with Crippen LogP contribution in [0.4, 0.5) is 0 Å². The Morgan fingerprint density at radius 2 is 2.05 bits per heavy atom. The number of rotatable bonds is 6. The van der Waals surface area contributed by atoms with Crippen molar-refractivity contribution in [2.24, 2.45) is 7.05 Å². The molecule has 0 saturated heterocycles. The average Bonchev–Trinajstić information content (AvgIpc) is 2.90. The first kappa shape index (κ1) is 13.7. The lowest BCUT2D eigenvalue weighted by atomic mass is 10.3. The first-order valence-corrected chi connectivity index (χ1v) is 6.65. The number of aryl methyl sites for hydroxylation is 2. The molecule has 0 aromatic carbocycles. The Labute approximate surface area is 114 Å². The van der Waals surface area contributed by atoms with Crippen molar-refractivity contribution in [3.63, 3.8) is 0 Å². The summed E-state index contributed by atoms with van der Waals surface area (Å²) < 4.78 is 4.02. The highest BCUT2D eigenvalue weighted by Gasteiger charge is 2.11. The van der Waals surface area contributed by atoms with Crippen molar-refractivity contribution < 1.29 is 0 Å². The van der Waals surface area contributed by atoms with E-state index in [1.807, 2.05) is 31.0 Å². The molecular weight excluding hydrogens is 240 g/mol. The molecule has 0 spiro atoms. The van der Waals surface area contributed by atoms with Crippen LogP contribution in [-0.4, -0.2) is 36.5 Å². The van der Waals surface area contributed by atoms with E-state index >= 15 is 0 Å². The minimum absolute atomic E-state index is 0.801. The van der Waals surface area contributed by atoms with Crippen LogP contribution in [0.15, 0.2) is 12.4 Å². The van der Waals surface area contributed by atoms with Crippen LogP contribution in [0.25, 0.3) is 0 Å². The van der Waals surface area contributed by atoms with Crippen LogP contribution in [0.5, 0.6) is 0 Å². The van der Waals surface area contributed by atoms with Gasteiger partial charge in [-0.2, -0.15) is 5.10 Å². The van der Waals surface area contributed by atoms with E-state index in [1.54, 1.807) is 0 Å². The minimum Gasteiger partial charge on any atom is -0.314 e. The smallest absolute Gasteiger partial charge is 0.147 e. The number of nitrogens with zero attached hydrogens (tertiary/aromatic N) is 6. The molecule has 2 aromatic rings. The molecule has 0 aliphatic carbocycles. The second-order valence-corrected chi connectivity index (χ2v) is 5.01. The van der Waals surface area contributed by atoms with Crippen LogP contribution in [0, 0.1) is 6.92 Å². The average molecular weight is 262 g/mol. The van der Waals surface area contributed by atoms with E-state index in [-0.39, 0.29) is 0 Å². The van der Waals surface area contributed by atoms with Crippen LogP contribution in [0.2, 0.25) is 0 Å². The maximum absolute atomic E-state index is 4.27. The summed E-state index contributed by atoms with van der Waals surface area (Å²) in [5.74, 6) is 2.03. The fourth-order valence-corrected chi connectivity index (χ4v) is 2.22. The van der Waals surface area contributed by atoms with Gasteiger partial charge in [0.2, 0.25) is 0 Å². The van der Waals surface area contributed by atoms with Gasteiger partial charge in [0.1, 0.15) is 11.6 Å². The third kappa shape index (κ3) is 3.41. The van der Waals surface area contributed by atoms with Crippen molar-refractivity contribution in [3.05, 3.63) is 29.6 Å². The van der Waals surface area contributed by atoms with E-state index in [4.69, 9.17) is 0 Å². The second kappa shape index (κ2) is 5.97. The van der Waals surface area contributed by atoms with Crippen molar-refractivity contribution in [2.45, 2.75) is 39.9 Å². The Morgan fingerprint density at radius 1 is 1.26 bits per heavy atom. The highest BCUT2D eigenvalue weighted by atomic mass is 15.3. The van der Waals surface area contributed by atoms with Gasteiger partial charge < -0.3 is 4.57 Å². The molecule has 0 saturated carbocycles. The summed E-state index contributed by atoms with van der Waals surface area (Å²) in [5.41, 5.74) is 1.21. The van der Waals surface area contributed by atoms with E-state index in [2.05, 4.69) is 38.7 Å². The lowest BCUT2D eigenvalue weighted by Gasteiger charge is -2.16. The topological polar surface area (TPSA) is 51.8 Å². The zero-order chi connectivity index (χ0) is 13.8. The highest BCUT2D eigenvalue weighted by molar-refractivity contribution is 5.03. The number of hydrogen-bond donors (Lipinski definition) is 0. The van der Waals surface area contributed by atoms with Crippen molar-refractivity contribution in [2.75, 3.05) is 7.05 Å². The molecule has 104 valence electrons. The van der Waals surface area contributed by atoms with Crippen LogP contribution in [0.1, 0.15) is 30.6 Å². The van der Waals surface area contributed by atoms with Gasteiger partial charge in [0.05, 0.1) is 12.7 Å². The lowest BCUT2D eigenvalue weighted by Crippen LogP contribution is -2.20. The zero-order valence-electron chi connectivity index (χ0n) is 12.2. The van der Waals surface area contributed by atoms with Gasteiger partial charge in [0, 0.05) is 31.9 Å². The summed E-state index contributed by atoms with van der Waals surface area (Å²) in [6, 6.07) is 0. The van der Waals surface area contributed by atoms with E-state index < -0.39 is 0 Å². The summed E-state index contributed by atoms with van der Waals surface area (Å²) in [5, 5.41) is 12.6. The lowest BCUT2D eigenvalue weighted by molar-refractivity contribution is 0.304. The molecule has 2 rings (SSSR count). The van der Waals surface area contributed by atoms with Crippen LogP contribution < -0.4 is 0 Å². The monoisotopic (exact) mass is 262 g/mol. The molecule has 0 atom stereocenters. The van der Waals surface area contributed by atoms with Crippen molar-refractivity contribution in [1.29, 1.82) is 0 Å². The Bertz CT molecular complexity index is 527. The third-order valence-corrected chi connectivity index (χ3v) is 3.08. The molecular formula is C13H22N6. The SMILES string of the molecule is CCCn1c(C)nnc1CN(C)Cc1cnn(C)c1. The van der Waals surface area contributed by atoms with E-state index in [0.29, 0.717) is 0 Å². The molecule has 0 unspecified atom stereocenters. The van der Waals surface area contributed by atoms with Crippen molar-refractivity contribution in [1.82, 2.24) is 29.4 Å². The molecule has 0 aliphatic heterocycles. The minimum atomic E-state index is 0.801. The molecule has 0 bridgehead atoms. The largest absolute Gasteiger partial charge is 0.314 e. The first-order valence-electron chi connectivity index (χ1n) is 6.65. The second-order valence-electron chi connectivity index (χ2n) is 5.01. The molecule has 2 aromatic heterocycles. The molecule has 2 heterocycles. The Kier molecular flexibility index (Phi) is 4.31. The molecule has 0 amide bonds. The van der Waals surface area contributed by atoms with Gasteiger partial charge in [0.15, 0.2) is 0 Å². The molecule has 0 radical (unpaired) electrons. The summed E-state index contributed by atoms with van der Waals surface area (Å²) in [6.45, 7) is 6.83. The van der Waals surface area contributed by atoms with Gasteiger partial charge in [-0.25, -0.2) is 0 Å².